The van der Waals surface area contributed by atoms with Gasteiger partial charge < -0.3 is 5.32 Å². The van der Waals surface area contributed by atoms with Crippen LogP contribution in [0, 0.1) is 12.7 Å². The first-order valence-electron chi connectivity index (χ1n) is 6.38. The minimum absolute atomic E-state index is 0.0312. The quantitative estimate of drug-likeness (QED) is 0.843. The normalized spacial score (nSPS) is 12.4. The minimum Gasteiger partial charge on any atom is -0.313 e. The number of halogens is 3. The van der Waals surface area contributed by atoms with Gasteiger partial charge in [-0.2, -0.15) is 0 Å². The van der Waals surface area contributed by atoms with Crippen LogP contribution in [0.3, 0.4) is 0 Å². The van der Waals surface area contributed by atoms with Crippen LogP contribution in [0.1, 0.15) is 22.7 Å². The van der Waals surface area contributed by atoms with Gasteiger partial charge >= 0.3 is 0 Å². The van der Waals surface area contributed by atoms with Crippen LogP contribution < -0.4 is 5.32 Å². The molecule has 1 nitrogen and oxygen atoms in total. The van der Waals surface area contributed by atoms with Crippen molar-refractivity contribution in [1.82, 2.24) is 5.32 Å². The summed E-state index contributed by atoms with van der Waals surface area (Å²) in [4.78, 5) is 0. The molecular formula is C16H16Cl2FN. The lowest BCUT2D eigenvalue weighted by molar-refractivity contribution is 0.584. The fraction of sp³-hybridized carbons (Fsp3) is 0.250. The average molecular weight is 312 g/mol. The topological polar surface area (TPSA) is 12.0 Å². The monoisotopic (exact) mass is 311 g/mol. The first-order valence-corrected chi connectivity index (χ1v) is 7.14. The van der Waals surface area contributed by atoms with Crippen LogP contribution in [-0.4, -0.2) is 7.05 Å². The Bertz CT molecular complexity index is 613. The van der Waals surface area contributed by atoms with Crippen LogP contribution in [0.2, 0.25) is 10.0 Å². The van der Waals surface area contributed by atoms with Gasteiger partial charge in [-0.3, -0.25) is 0 Å². The number of hydrogen-bond donors (Lipinski definition) is 1. The Morgan fingerprint density at radius 3 is 2.45 bits per heavy atom. The SMILES string of the molecule is CNC(Cc1ccc(Cl)c(F)c1)c1ccc(C)cc1Cl. The van der Waals surface area contributed by atoms with Crippen LogP contribution >= 0.6 is 23.2 Å². The Kier molecular flexibility index (Phi) is 5.03. The number of rotatable bonds is 4. The summed E-state index contributed by atoms with van der Waals surface area (Å²) in [7, 11) is 1.87. The van der Waals surface area contributed by atoms with Crippen molar-refractivity contribution in [3.05, 3.63) is 69.0 Å². The second-order valence-electron chi connectivity index (χ2n) is 4.82. The number of aryl methyl sites for hydroxylation is 1. The first kappa shape index (κ1) is 15.3. The standard InChI is InChI=1S/C16H16Cl2FN/c1-10-3-5-12(14(18)7-10)16(20-2)9-11-4-6-13(17)15(19)8-11/h3-8,16,20H,9H2,1-2H3. The van der Waals surface area contributed by atoms with Gasteiger partial charge in [-0.05, 0) is 55.3 Å². The van der Waals surface area contributed by atoms with Gasteiger partial charge in [0.05, 0.1) is 5.02 Å². The predicted molar refractivity (Wildman–Crippen MR) is 83.1 cm³/mol. The molecule has 1 unspecified atom stereocenters. The summed E-state index contributed by atoms with van der Waals surface area (Å²) in [6.07, 6.45) is 0.646. The average Bonchev–Trinajstić information content (AvgIpc) is 2.41. The fourth-order valence-corrected chi connectivity index (χ4v) is 2.67. The van der Waals surface area contributed by atoms with Gasteiger partial charge in [0.2, 0.25) is 0 Å². The van der Waals surface area contributed by atoms with E-state index >= 15 is 0 Å². The lowest BCUT2D eigenvalue weighted by atomic mass is 9.98. The molecule has 0 fully saturated rings. The molecule has 0 aromatic heterocycles. The van der Waals surface area contributed by atoms with Crippen LogP contribution in [0.5, 0.6) is 0 Å². The third-order valence-corrected chi connectivity index (χ3v) is 3.94. The Morgan fingerprint density at radius 1 is 1.10 bits per heavy atom. The highest BCUT2D eigenvalue weighted by atomic mass is 35.5. The number of likely N-dealkylation sites (N-methyl/N-ethyl adjacent to an activating group) is 1. The predicted octanol–water partition coefficient (Wildman–Crippen LogP) is 4.94. The van der Waals surface area contributed by atoms with Crippen molar-refractivity contribution in [1.29, 1.82) is 0 Å². The molecule has 0 radical (unpaired) electrons. The Morgan fingerprint density at radius 2 is 1.85 bits per heavy atom. The van der Waals surface area contributed by atoms with Crippen LogP contribution in [0.4, 0.5) is 4.39 Å². The van der Waals surface area contributed by atoms with Crippen LogP contribution in [0.15, 0.2) is 36.4 Å². The Hall–Kier alpha value is -1.09. The van der Waals surface area contributed by atoms with E-state index in [-0.39, 0.29) is 11.1 Å². The van der Waals surface area contributed by atoms with Gasteiger partial charge in [-0.25, -0.2) is 4.39 Å². The molecule has 106 valence electrons. The molecule has 0 spiro atoms. The highest BCUT2D eigenvalue weighted by Gasteiger charge is 2.14. The Balaban J connectivity index is 2.26. The van der Waals surface area contributed by atoms with Gasteiger partial charge in [0.15, 0.2) is 0 Å². The second-order valence-corrected chi connectivity index (χ2v) is 5.63. The van der Waals surface area contributed by atoms with Gasteiger partial charge in [0, 0.05) is 11.1 Å². The van der Waals surface area contributed by atoms with Crippen molar-refractivity contribution >= 4 is 23.2 Å². The van der Waals surface area contributed by atoms with E-state index in [1.165, 1.54) is 6.07 Å². The largest absolute Gasteiger partial charge is 0.313 e. The van der Waals surface area contributed by atoms with Crippen molar-refractivity contribution in [2.75, 3.05) is 7.05 Å². The molecule has 0 bridgehead atoms. The molecule has 20 heavy (non-hydrogen) atoms. The molecule has 0 saturated heterocycles. The molecule has 2 rings (SSSR count). The number of benzene rings is 2. The summed E-state index contributed by atoms with van der Waals surface area (Å²) in [5.41, 5.74) is 3.00. The third kappa shape index (κ3) is 3.51. The van der Waals surface area contributed by atoms with Crippen molar-refractivity contribution in [3.63, 3.8) is 0 Å². The molecule has 0 saturated carbocycles. The molecule has 2 aromatic carbocycles. The Labute approximate surface area is 128 Å². The van der Waals surface area contributed by atoms with Gasteiger partial charge in [-0.15, -0.1) is 0 Å². The molecule has 0 aliphatic carbocycles. The smallest absolute Gasteiger partial charge is 0.142 e. The molecule has 0 heterocycles. The zero-order valence-corrected chi connectivity index (χ0v) is 12.9. The highest BCUT2D eigenvalue weighted by molar-refractivity contribution is 6.31. The molecule has 1 N–H and O–H groups in total. The molecule has 4 heteroatoms. The van der Waals surface area contributed by atoms with E-state index in [4.69, 9.17) is 23.2 Å². The van der Waals surface area contributed by atoms with E-state index in [9.17, 15) is 4.39 Å². The maximum absolute atomic E-state index is 13.5. The first-order chi connectivity index (χ1) is 9.51. The summed E-state index contributed by atoms with van der Waals surface area (Å²) < 4.78 is 13.5. The van der Waals surface area contributed by atoms with Crippen molar-refractivity contribution < 1.29 is 4.39 Å². The molecule has 0 aliphatic rings. The van der Waals surface area contributed by atoms with Gasteiger partial charge in [0.1, 0.15) is 5.82 Å². The summed E-state index contributed by atoms with van der Waals surface area (Å²) in [5, 5.41) is 4.08. The molecule has 0 amide bonds. The number of nitrogens with one attached hydrogen (secondary N) is 1. The summed E-state index contributed by atoms with van der Waals surface area (Å²) in [6, 6.07) is 10.9. The molecule has 2 aromatic rings. The van der Waals surface area contributed by atoms with Gasteiger partial charge in [0.25, 0.3) is 0 Å². The van der Waals surface area contributed by atoms with E-state index < -0.39 is 5.82 Å². The second kappa shape index (κ2) is 6.57. The maximum atomic E-state index is 13.5. The zero-order valence-electron chi connectivity index (χ0n) is 11.4. The van der Waals surface area contributed by atoms with Crippen LogP contribution in [-0.2, 0) is 6.42 Å². The lowest BCUT2D eigenvalue weighted by Crippen LogP contribution is -2.19. The summed E-state index contributed by atoms with van der Waals surface area (Å²) >= 11 is 12.0. The van der Waals surface area contributed by atoms with E-state index in [1.54, 1.807) is 6.07 Å². The number of hydrogen-bond acceptors (Lipinski definition) is 1. The third-order valence-electron chi connectivity index (χ3n) is 3.30. The van der Waals surface area contributed by atoms with Crippen molar-refractivity contribution in [2.24, 2.45) is 0 Å². The van der Waals surface area contributed by atoms with Gasteiger partial charge in [-0.1, -0.05) is 41.4 Å². The molecule has 0 aliphatic heterocycles. The maximum Gasteiger partial charge on any atom is 0.142 e. The van der Waals surface area contributed by atoms with E-state index in [2.05, 4.69) is 5.32 Å². The highest BCUT2D eigenvalue weighted by Crippen LogP contribution is 2.27. The fourth-order valence-electron chi connectivity index (χ4n) is 2.18. The molecule has 1 atom stereocenters. The summed E-state index contributed by atoms with van der Waals surface area (Å²) in [5.74, 6) is -0.394. The van der Waals surface area contributed by atoms with Crippen molar-refractivity contribution in [2.45, 2.75) is 19.4 Å². The lowest BCUT2D eigenvalue weighted by Gasteiger charge is -2.18. The summed E-state index contributed by atoms with van der Waals surface area (Å²) in [6.45, 7) is 2.00. The van der Waals surface area contributed by atoms with Crippen LogP contribution in [0.25, 0.3) is 0 Å². The minimum atomic E-state index is -0.394. The zero-order chi connectivity index (χ0) is 14.7. The van der Waals surface area contributed by atoms with E-state index in [0.29, 0.717) is 6.42 Å². The molecular weight excluding hydrogens is 296 g/mol. The van der Waals surface area contributed by atoms with E-state index in [1.807, 2.05) is 38.2 Å². The van der Waals surface area contributed by atoms with E-state index in [0.717, 1.165) is 21.7 Å². The van der Waals surface area contributed by atoms with Crippen molar-refractivity contribution in [3.8, 4) is 0 Å².